The molecule has 0 spiro atoms. The molecular formula is C10H13NO. The van der Waals surface area contributed by atoms with E-state index in [0.717, 1.165) is 5.56 Å². The van der Waals surface area contributed by atoms with Gasteiger partial charge in [-0.25, -0.2) is 0 Å². The van der Waals surface area contributed by atoms with Crippen LogP contribution in [0.4, 0.5) is 0 Å². The average Bonchev–Trinajstić information content (AvgIpc) is 2.19. The molecule has 1 N–H and O–H groups in total. The van der Waals surface area contributed by atoms with E-state index < -0.39 is 6.40 Å². The molecule has 1 unspecified atom stereocenters. The van der Waals surface area contributed by atoms with Crippen molar-refractivity contribution in [3.8, 4) is 0 Å². The zero-order chi connectivity index (χ0) is 9.68. The van der Waals surface area contributed by atoms with Crippen LogP contribution in [-0.4, -0.2) is 13.0 Å². The van der Waals surface area contributed by atoms with Crippen molar-refractivity contribution < 1.29 is 6.17 Å². The summed E-state index contributed by atoms with van der Waals surface area (Å²) in [4.78, 5) is 11.0. The number of nitrogens with one attached hydrogen (secondary N) is 1. The zero-order valence-corrected chi connectivity index (χ0v) is 7.08. The van der Waals surface area contributed by atoms with Crippen LogP contribution in [0.2, 0.25) is 0 Å². The van der Waals surface area contributed by atoms with Gasteiger partial charge in [-0.1, -0.05) is 30.3 Å². The van der Waals surface area contributed by atoms with Gasteiger partial charge in [0, 0.05) is 14.8 Å². The summed E-state index contributed by atoms with van der Waals surface area (Å²) in [6.45, 7) is 0. The number of carbonyl (C=O) groups excluding carboxylic acids is 1. The topological polar surface area (TPSA) is 29.1 Å². The van der Waals surface area contributed by atoms with Gasteiger partial charge in [0.25, 0.3) is 0 Å². The molecule has 0 saturated heterocycles. The summed E-state index contributed by atoms with van der Waals surface area (Å²) in [5, 5.41) is 2.51. The molecule has 0 bridgehead atoms. The molecule has 0 heterocycles. The van der Waals surface area contributed by atoms with Crippen molar-refractivity contribution in [2.75, 3.05) is 7.05 Å². The lowest BCUT2D eigenvalue weighted by Crippen LogP contribution is -2.17. The van der Waals surface area contributed by atoms with Crippen LogP contribution in [0.25, 0.3) is 0 Å². The fourth-order valence-corrected chi connectivity index (χ4v) is 0.902. The van der Waals surface area contributed by atoms with E-state index in [1.54, 1.807) is 7.05 Å². The maximum atomic E-state index is 11.0. The predicted molar refractivity (Wildman–Crippen MR) is 48.8 cm³/mol. The Balaban J connectivity index is 2.59. The van der Waals surface area contributed by atoms with E-state index in [9.17, 15) is 4.79 Å². The minimum absolute atomic E-state index is 0.0937. The van der Waals surface area contributed by atoms with Crippen molar-refractivity contribution in [3.05, 3.63) is 35.9 Å². The Bertz CT molecular complexity index is 274. The summed E-state index contributed by atoms with van der Waals surface area (Å²) < 4.78 is 7.69. The highest BCUT2D eigenvalue weighted by Gasteiger charge is 1.97. The van der Waals surface area contributed by atoms with Gasteiger partial charge in [-0.15, -0.1) is 0 Å². The maximum absolute atomic E-state index is 11.0. The molecule has 0 aliphatic carbocycles. The van der Waals surface area contributed by atoms with Gasteiger partial charge >= 0.3 is 0 Å². The third kappa shape index (κ3) is 2.74. The van der Waals surface area contributed by atoms with Crippen molar-refractivity contribution in [2.24, 2.45) is 0 Å². The summed E-state index contributed by atoms with van der Waals surface area (Å²) in [6, 6.07) is 9.37. The Morgan fingerprint density at radius 3 is 2.75 bits per heavy atom. The van der Waals surface area contributed by atoms with Crippen LogP contribution in [0.15, 0.2) is 30.3 Å². The highest BCUT2D eigenvalue weighted by molar-refractivity contribution is 5.75. The lowest BCUT2D eigenvalue weighted by atomic mass is 10.1. The molecule has 2 heteroatoms. The van der Waals surface area contributed by atoms with Gasteiger partial charge in [0.05, 0.1) is 0 Å². The molecule has 1 aromatic rings. The molecule has 64 valence electrons. The van der Waals surface area contributed by atoms with E-state index in [1.807, 2.05) is 30.3 Å². The minimum Gasteiger partial charge on any atom is -0.359 e. The van der Waals surface area contributed by atoms with Gasteiger partial charge in [-0.2, -0.15) is 0 Å². The van der Waals surface area contributed by atoms with Crippen LogP contribution >= 0.6 is 0 Å². The number of benzene rings is 1. The van der Waals surface area contributed by atoms with Crippen LogP contribution < -0.4 is 5.32 Å². The van der Waals surface area contributed by atoms with Gasteiger partial charge in [0.1, 0.15) is 0 Å². The first kappa shape index (κ1) is 7.35. The quantitative estimate of drug-likeness (QED) is 0.718. The van der Waals surface area contributed by atoms with E-state index >= 15 is 0 Å². The van der Waals surface area contributed by atoms with Crippen LogP contribution in [0, 0.1) is 0 Å². The summed E-state index contributed by atoms with van der Waals surface area (Å²) >= 11 is 0. The first-order valence-electron chi connectivity index (χ1n) is 4.49. The van der Waals surface area contributed by atoms with Crippen LogP contribution in [0.5, 0.6) is 0 Å². The monoisotopic (exact) mass is 164 g/mol. The standard InChI is InChI=1S/C10H13NO/c1-11-10(12)8-7-9-5-3-2-4-6-9/h2-6H,7-8H2,1H3,(H,11,12)/i7D. The molecule has 1 atom stereocenters. The molecule has 1 aromatic carbocycles. The van der Waals surface area contributed by atoms with Crippen molar-refractivity contribution in [2.45, 2.75) is 12.8 Å². The average molecular weight is 164 g/mol. The van der Waals surface area contributed by atoms with Crippen molar-refractivity contribution in [1.29, 1.82) is 0 Å². The second kappa shape index (κ2) is 4.54. The number of amides is 1. The largest absolute Gasteiger partial charge is 0.359 e. The molecule has 0 aliphatic heterocycles. The maximum Gasteiger partial charge on any atom is 0.220 e. The number of aryl methyl sites for hydroxylation is 1. The van der Waals surface area contributed by atoms with Gasteiger partial charge in [-0.3, -0.25) is 4.79 Å². The Labute approximate surface area is 74.0 Å². The number of hydrogen-bond donors (Lipinski definition) is 1. The second-order valence-electron chi connectivity index (χ2n) is 2.49. The Kier molecular flexibility index (Phi) is 2.78. The van der Waals surface area contributed by atoms with E-state index in [-0.39, 0.29) is 12.3 Å². The Morgan fingerprint density at radius 1 is 1.50 bits per heavy atom. The number of carbonyl (C=O) groups is 1. The molecule has 0 aromatic heterocycles. The summed E-state index contributed by atoms with van der Waals surface area (Å²) in [6.07, 6.45) is -0.235. The van der Waals surface area contributed by atoms with Gasteiger partial charge in [-0.05, 0) is 12.0 Å². The lowest BCUT2D eigenvalue weighted by molar-refractivity contribution is -0.120. The van der Waals surface area contributed by atoms with Crippen LogP contribution in [0.3, 0.4) is 0 Å². The fourth-order valence-electron chi connectivity index (χ4n) is 0.902. The summed E-state index contributed by atoms with van der Waals surface area (Å²) in [5.41, 5.74) is 0.881. The molecule has 2 nitrogen and oxygen atoms in total. The zero-order valence-electron chi connectivity index (χ0n) is 8.08. The SMILES string of the molecule is [2H]C(CC(=O)NC)c1ccccc1. The van der Waals surface area contributed by atoms with Crippen LogP contribution in [-0.2, 0) is 11.2 Å². The summed E-state index contributed by atoms with van der Waals surface area (Å²) in [7, 11) is 1.58. The van der Waals surface area contributed by atoms with E-state index in [4.69, 9.17) is 1.37 Å². The van der Waals surface area contributed by atoms with Crippen LogP contribution in [0.1, 0.15) is 13.4 Å². The third-order valence-corrected chi connectivity index (χ3v) is 1.60. The molecule has 12 heavy (non-hydrogen) atoms. The molecular weight excluding hydrogens is 150 g/mol. The number of rotatable bonds is 3. The van der Waals surface area contributed by atoms with Gasteiger partial charge in [0.15, 0.2) is 0 Å². The molecule has 1 amide bonds. The van der Waals surface area contributed by atoms with Crippen molar-refractivity contribution >= 4 is 5.91 Å². The van der Waals surface area contributed by atoms with Gasteiger partial charge in [0.2, 0.25) is 5.91 Å². The molecule has 1 rings (SSSR count). The Hall–Kier alpha value is -1.31. The molecule has 0 radical (unpaired) electrons. The first-order chi connectivity index (χ1) is 6.24. The lowest BCUT2D eigenvalue weighted by Gasteiger charge is -1.99. The Morgan fingerprint density at radius 2 is 2.17 bits per heavy atom. The predicted octanol–water partition coefficient (Wildman–Crippen LogP) is 1.37. The minimum atomic E-state index is -0.457. The van der Waals surface area contributed by atoms with Gasteiger partial charge < -0.3 is 5.32 Å². The number of hydrogen-bond acceptors (Lipinski definition) is 1. The fraction of sp³-hybridized carbons (Fsp3) is 0.300. The molecule has 0 aliphatic rings. The van der Waals surface area contributed by atoms with E-state index in [1.165, 1.54) is 0 Å². The third-order valence-electron chi connectivity index (χ3n) is 1.60. The molecule has 0 saturated carbocycles. The van der Waals surface area contributed by atoms with E-state index in [0.29, 0.717) is 0 Å². The smallest absolute Gasteiger partial charge is 0.220 e. The van der Waals surface area contributed by atoms with Crippen molar-refractivity contribution in [3.63, 3.8) is 0 Å². The first-order valence-corrected chi connectivity index (χ1v) is 3.92. The second-order valence-corrected chi connectivity index (χ2v) is 2.49. The van der Waals surface area contributed by atoms with E-state index in [2.05, 4.69) is 5.32 Å². The van der Waals surface area contributed by atoms with Crippen molar-refractivity contribution in [1.82, 2.24) is 5.32 Å². The highest BCUT2D eigenvalue weighted by Crippen LogP contribution is 2.01. The normalized spacial score (nSPS) is 13.2. The molecule has 0 fully saturated rings. The highest BCUT2D eigenvalue weighted by atomic mass is 16.1. The summed E-state index contributed by atoms with van der Waals surface area (Å²) in [5.74, 6) is -0.0937.